The first-order valence-electron chi connectivity index (χ1n) is 6.66. The van der Waals surface area contributed by atoms with Gasteiger partial charge in [-0.15, -0.1) is 0 Å². The van der Waals surface area contributed by atoms with E-state index in [0.29, 0.717) is 5.92 Å². The molecular formula is C13H13F3N4O2. The Labute approximate surface area is 123 Å². The molecule has 0 aromatic carbocycles. The number of hydrogen-bond acceptors (Lipinski definition) is 4. The summed E-state index contributed by atoms with van der Waals surface area (Å²) >= 11 is 0. The Kier molecular flexibility index (Phi) is 3.42. The molecule has 0 saturated heterocycles. The minimum absolute atomic E-state index is 0.153. The fraction of sp³-hybridized carbons (Fsp3) is 0.462. The lowest BCUT2D eigenvalue weighted by atomic mass is 10.2. The summed E-state index contributed by atoms with van der Waals surface area (Å²) < 4.78 is 45.1. The van der Waals surface area contributed by atoms with Gasteiger partial charge < -0.3 is 4.74 Å². The Morgan fingerprint density at radius 2 is 2.23 bits per heavy atom. The molecule has 1 aliphatic carbocycles. The average molecular weight is 314 g/mol. The SMILES string of the molecule is Cn1cc(C(OC(=O)c2cc(C3CC3)[nH]n2)C(F)(F)F)cn1. The Morgan fingerprint density at radius 3 is 2.77 bits per heavy atom. The molecule has 0 amide bonds. The largest absolute Gasteiger partial charge is 0.443 e. The Morgan fingerprint density at radius 1 is 1.50 bits per heavy atom. The van der Waals surface area contributed by atoms with Crippen LogP contribution in [-0.2, 0) is 11.8 Å². The highest BCUT2D eigenvalue weighted by Crippen LogP contribution is 2.39. The third-order valence-corrected chi connectivity index (χ3v) is 3.37. The lowest BCUT2D eigenvalue weighted by Gasteiger charge is -2.18. The summed E-state index contributed by atoms with van der Waals surface area (Å²) in [6.45, 7) is 0. The van der Waals surface area contributed by atoms with Crippen LogP contribution in [0.2, 0.25) is 0 Å². The molecule has 2 aromatic rings. The van der Waals surface area contributed by atoms with Crippen molar-refractivity contribution in [1.82, 2.24) is 20.0 Å². The molecule has 1 saturated carbocycles. The summed E-state index contributed by atoms with van der Waals surface area (Å²) in [5.41, 5.74) is 0.359. The predicted octanol–water partition coefficient (Wildman–Crippen LogP) is 2.48. The van der Waals surface area contributed by atoms with E-state index in [1.54, 1.807) is 0 Å². The summed E-state index contributed by atoms with van der Waals surface area (Å²) in [6, 6.07) is 1.44. The van der Waals surface area contributed by atoms with Crippen LogP contribution in [0.4, 0.5) is 13.2 Å². The molecule has 9 heteroatoms. The van der Waals surface area contributed by atoms with Crippen LogP contribution in [0.15, 0.2) is 18.5 Å². The van der Waals surface area contributed by atoms with Crippen molar-refractivity contribution in [2.75, 3.05) is 0 Å². The minimum Gasteiger partial charge on any atom is -0.443 e. The Balaban J connectivity index is 1.78. The number of alkyl halides is 3. The molecular weight excluding hydrogens is 301 g/mol. The zero-order chi connectivity index (χ0) is 15.9. The molecule has 1 unspecified atom stereocenters. The van der Waals surface area contributed by atoms with Gasteiger partial charge in [0.15, 0.2) is 5.69 Å². The second kappa shape index (κ2) is 5.15. The fourth-order valence-electron chi connectivity index (χ4n) is 2.11. The van der Waals surface area contributed by atoms with Crippen molar-refractivity contribution < 1.29 is 22.7 Å². The second-order valence-corrected chi connectivity index (χ2v) is 5.26. The number of rotatable bonds is 4. The summed E-state index contributed by atoms with van der Waals surface area (Å²) in [4.78, 5) is 11.9. The Hall–Kier alpha value is -2.32. The van der Waals surface area contributed by atoms with Crippen molar-refractivity contribution in [3.8, 4) is 0 Å². The van der Waals surface area contributed by atoms with Gasteiger partial charge in [0.1, 0.15) is 0 Å². The maximum Gasteiger partial charge on any atom is 0.429 e. The number of aromatic amines is 1. The van der Waals surface area contributed by atoms with Crippen LogP contribution >= 0.6 is 0 Å². The molecule has 1 fully saturated rings. The van der Waals surface area contributed by atoms with E-state index in [9.17, 15) is 18.0 Å². The summed E-state index contributed by atoms with van der Waals surface area (Å²) in [5.74, 6) is -0.805. The quantitative estimate of drug-likeness (QED) is 0.880. The van der Waals surface area contributed by atoms with Gasteiger partial charge in [-0.1, -0.05) is 0 Å². The molecule has 1 atom stereocenters. The van der Waals surface area contributed by atoms with Crippen LogP contribution in [0.1, 0.15) is 46.6 Å². The van der Waals surface area contributed by atoms with E-state index < -0.39 is 18.2 Å². The van der Waals surface area contributed by atoms with Crippen molar-refractivity contribution in [2.45, 2.75) is 31.0 Å². The number of halogens is 3. The summed E-state index contributed by atoms with van der Waals surface area (Å²) in [5, 5.41) is 10.0. The van der Waals surface area contributed by atoms with Crippen molar-refractivity contribution in [3.63, 3.8) is 0 Å². The fourth-order valence-corrected chi connectivity index (χ4v) is 2.11. The van der Waals surface area contributed by atoms with Gasteiger partial charge in [-0.3, -0.25) is 9.78 Å². The van der Waals surface area contributed by atoms with Crippen molar-refractivity contribution >= 4 is 5.97 Å². The number of carbonyl (C=O) groups is 1. The van der Waals surface area contributed by atoms with Gasteiger partial charge in [-0.25, -0.2) is 4.79 Å². The Bertz CT molecular complexity index is 688. The van der Waals surface area contributed by atoms with Gasteiger partial charge in [0.2, 0.25) is 6.10 Å². The molecule has 2 heterocycles. The smallest absolute Gasteiger partial charge is 0.429 e. The lowest BCUT2D eigenvalue weighted by molar-refractivity contribution is -0.207. The standard InChI is InChI=1S/C13H13F3N4O2/c1-20-6-8(5-17-20)11(13(14,15)16)22-12(21)10-4-9(18-19-10)7-2-3-7/h4-7,11H,2-3H2,1H3,(H,18,19). The third kappa shape index (κ3) is 2.97. The molecule has 2 aromatic heterocycles. The first kappa shape index (κ1) is 14.6. The topological polar surface area (TPSA) is 72.8 Å². The first-order valence-corrected chi connectivity index (χ1v) is 6.66. The number of hydrogen-bond donors (Lipinski definition) is 1. The van der Waals surface area contributed by atoms with Gasteiger partial charge in [0.25, 0.3) is 0 Å². The highest BCUT2D eigenvalue weighted by molar-refractivity contribution is 5.87. The number of carbonyl (C=O) groups excluding carboxylic acids is 1. The highest BCUT2D eigenvalue weighted by Gasteiger charge is 2.45. The number of nitrogens with one attached hydrogen (secondary N) is 1. The van der Waals surface area contributed by atoms with E-state index in [4.69, 9.17) is 0 Å². The van der Waals surface area contributed by atoms with Gasteiger partial charge in [0.05, 0.1) is 6.20 Å². The summed E-state index contributed by atoms with van der Waals surface area (Å²) in [6.07, 6.45) is -2.95. The predicted molar refractivity (Wildman–Crippen MR) is 68.0 cm³/mol. The molecule has 3 rings (SSSR count). The average Bonchev–Trinajstić information content (AvgIpc) is 3.00. The van der Waals surface area contributed by atoms with Crippen molar-refractivity contribution in [1.29, 1.82) is 0 Å². The number of ether oxygens (including phenoxy) is 1. The van der Waals surface area contributed by atoms with E-state index >= 15 is 0 Å². The number of aromatic nitrogens is 4. The van der Waals surface area contributed by atoms with E-state index in [-0.39, 0.29) is 11.3 Å². The van der Waals surface area contributed by atoms with Crippen LogP contribution in [-0.4, -0.2) is 32.1 Å². The van der Waals surface area contributed by atoms with E-state index in [2.05, 4.69) is 20.0 Å². The van der Waals surface area contributed by atoms with Crippen LogP contribution in [0.3, 0.4) is 0 Å². The monoisotopic (exact) mass is 314 g/mol. The van der Waals surface area contributed by atoms with Gasteiger partial charge >= 0.3 is 12.1 Å². The van der Waals surface area contributed by atoms with Crippen LogP contribution < -0.4 is 0 Å². The maximum absolute atomic E-state index is 13.1. The molecule has 6 nitrogen and oxygen atoms in total. The van der Waals surface area contributed by atoms with Crippen LogP contribution in [0.5, 0.6) is 0 Å². The maximum atomic E-state index is 13.1. The van der Waals surface area contributed by atoms with Crippen LogP contribution in [0, 0.1) is 0 Å². The number of esters is 1. The van der Waals surface area contributed by atoms with E-state index in [1.807, 2.05) is 0 Å². The number of aryl methyl sites for hydroxylation is 1. The molecule has 0 bridgehead atoms. The van der Waals surface area contributed by atoms with Gasteiger partial charge in [-0.2, -0.15) is 23.4 Å². The number of nitrogens with zero attached hydrogens (tertiary/aromatic N) is 3. The normalized spacial score (nSPS) is 16.5. The van der Waals surface area contributed by atoms with Crippen molar-refractivity contribution in [2.24, 2.45) is 7.05 Å². The molecule has 22 heavy (non-hydrogen) atoms. The molecule has 0 spiro atoms. The lowest BCUT2D eigenvalue weighted by Crippen LogP contribution is -2.26. The molecule has 118 valence electrons. The number of H-pyrrole nitrogens is 1. The van der Waals surface area contributed by atoms with Crippen LogP contribution in [0.25, 0.3) is 0 Å². The van der Waals surface area contributed by atoms with E-state index in [1.165, 1.54) is 17.8 Å². The van der Waals surface area contributed by atoms with Crippen molar-refractivity contribution in [3.05, 3.63) is 35.4 Å². The first-order chi connectivity index (χ1) is 10.3. The third-order valence-electron chi connectivity index (χ3n) is 3.37. The van der Waals surface area contributed by atoms with E-state index in [0.717, 1.165) is 30.9 Å². The molecule has 0 radical (unpaired) electrons. The zero-order valence-electron chi connectivity index (χ0n) is 11.6. The molecule has 1 N–H and O–H groups in total. The summed E-state index contributed by atoms with van der Waals surface area (Å²) in [7, 11) is 1.48. The molecule has 0 aliphatic heterocycles. The van der Waals surface area contributed by atoms with Gasteiger partial charge in [-0.05, 0) is 18.9 Å². The minimum atomic E-state index is -4.73. The molecule has 1 aliphatic rings. The van der Waals surface area contributed by atoms with Gasteiger partial charge in [0, 0.05) is 30.4 Å². The zero-order valence-corrected chi connectivity index (χ0v) is 11.6. The second-order valence-electron chi connectivity index (χ2n) is 5.26. The highest BCUT2D eigenvalue weighted by atomic mass is 19.4.